The molecule has 3 aromatic rings. The van der Waals surface area contributed by atoms with Gasteiger partial charge in [-0.3, -0.25) is 10.1 Å². The molecule has 0 spiro atoms. The lowest BCUT2D eigenvalue weighted by Gasteiger charge is -2.06. The van der Waals surface area contributed by atoms with Crippen LogP contribution in [0.25, 0.3) is 0 Å². The SMILES string of the molecule is CCc1ccc(OCC(=O)Nc2nnc(Cc3ccccc3)s2)cc1. The van der Waals surface area contributed by atoms with Gasteiger partial charge in [0.25, 0.3) is 5.91 Å². The van der Waals surface area contributed by atoms with Gasteiger partial charge >= 0.3 is 0 Å². The van der Waals surface area contributed by atoms with E-state index in [1.807, 2.05) is 54.6 Å². The molecule has 128 valence electrons. The highest BCUT2D eigenvalue weighted by molar-refractivity contribution is 7.15. The number of aryl methyl sites for hydroxylation is 1. The number of rotatable bonds is 7. The molecule has 2 aromatic carbocycles. The van der Waals surface area contributed by atoms with Crippen LogP contribution in [0.5, 0.6) is 5.75 Å². The van der Waals surface area contributed by atoms with Crippen LogP contribution in [0.3, 0.4) is 0 Å². The first-order chi connectivity index (χ1) is 12.2. The maximum atomic E-state index is 12.0. The molecule has 1 aromatic heterocycles. The van der Waals surface area contributed by atoms with Crippen molar-refractivity contribution in [2.24, 2.45) is 0 Å². The molecule has 1 N–H and O–H groups in total. The maximum absolute atomic E-state index is 12.0. The Balaban J connectivity index is 1.49. The first-order valence-corrected chi connectivity index (χ1v) is 8.92. The molecule has 0 unspecified atom stereocenters. The van der Waals surface area contributed by atoms with Crippen LogP contribution >= 0.6 is 11.3 Å². The minimum absolute atomic E-state index is 0.0565. The number of ether oxygens (including phenoxy) is 1. The summed E-state index contributed by atoms with van der Waals surface area (Å²) in [5, 5.41) is 12.2. The summed E-state index contributed by atoms with van der Waals surface area (Å²) in [4.78, 5) is 12.0. The molecule has 1 heterocycles. The van der Waals surface area contributed by atoms with E-state index in [-0.39, 0.29) is 12.5 Å². The Hall–Kier alpha value is -2.73. The first-order valence-electron chi connectivity index (χ1n) is 8.11. The Morgan fingerprint density at radius 2 is 1.80 bits per heavy atom. The monoisotopic (exact) mass is 353 g/mol. The van der Waals surface area contributed by atoms with Crippen molar-refractivity contribution in [3.8, 4) is 5.75 Å². The molecule has 0 atom stereocenters. The van der Waals surface area contributed by atoms with Crippen molar-refractivity contribution >= 4 is 22.4 Å². The smallest absolute Gasteiger partial charge is 0.264 e. The third kappa shape index (κ3) is 5.12. The van der Waals surface area contributed by atoms with Gasteiger partial charge in [-0.05, 0) is 29.7 Å². The number of nitrogens with zero attached hydrogens (tertiary/aromatic N) is 2. The first kappa shape index (κ1) is 17.1. The predicted octanol–water partition coefficient (Wildman–Crippen LogP) is 3.71. The van der Waals surface area contributed by atoms with E-state index < -0.39 is 0 Å². The zero-order valence-electron chi connectivity index (χ0n) is 13.9. The average Bonchev–Trinajstić information content (AvgIpc) is 3.08. The van der Waals surface area contributed by atoms with Crippen LogP contribution < -0.4 is 10.1 Å². The second-order valence-electron chi connectivity index (χ2n) is 5.50. The Kier molecular flexibility index (Phi) is 5.74. The summed E-state index contributed by atoms with van der Waals surface area (Å²) in [6.07, 6.45) is 1.68. The molecule has 3 rings (SSSR count). The van der Waals surface area contributed by atoms with Crippen molar-refractivity contribution in [2.75, 3.05) is 11.9 Å². The molecule has 6 heteroatoms. The minimum Gasteiger partial charge on any atom is -0.484 e. The molecule has 0 radical (unpaired) electrons. The number of carbonyl (C=O) groups is 1. The highest BCUT2D eigenvalue weighted by atomic mass is 32.1. The van der Waals surface area contributed by atoms with E-state index in [1.54, 1.807) is 0 Å². The number of aromatic nitrogens is 2. The van der Waals surface area contributed by atoms with Gasteiger partial charge in [-0.2, -0.15) is 0 Å². The van der Waals surface area contributed by atoms with Crippen LogP contribution in [0.2, 0.25) is 0 Å². The van der Waals surface area contributed by atoms with Crippen molar-refractivity contribution in [1.82, 2.24) is 10.2 Å². The largest absolute Gasteiger partial charge is 0.484 e. The van der Waals surface area contributed by atoms with Crippen LogP contribution in [-0.2, 0) is 17.6 Å². The summed E-state index contributed by atoms with van der Waals surface area (Å²) in [5.74, 6) is 0.427. The van der Waals surface area contributed by atoms with E-state index in [9.17, 15) is 4.79 Å². The summed E-state index contributed by atoms with van der Waals surface area (Å²) in [6, 6.07) is 17.8. The summed E-state index contributed by atoms with van der Waals surface area (Å²) < 4.78 is 5.49. The molecule has 0 aliphatic heterocycles. The van der Waals surface area contributed by atoms with Crippen molar-refractivity contribution in [2.45, 2.75) is 19.8 Å². The molecule has 0 saturated carbocycles. The number of anilines is 1. The average molecular weight is 353 g/mol. The van der Waals surface area contributed by atoms with Crippen LogP contribution in [0.1, 0.15) is 23.1 Å². The van der Waals surface area contributed by atoms with E-state index >= 15 is 0 Å². The van der Waals surface area contributed by atoms with E-state index in [0.717, 1.165) is 17.0 Å². The van der Waals surface area contributed by atoms with E-state index in [4.69, 9.17) is 4.74 Å². The lowest BCUT2D eigenvalue weighted by Crippen LogP contribution is -2.20. The molecular weight excluding hydrogens is 334 g/mol. The topological polar surface area (TPSA) is 64.1 Å². The third-order valence-electron chi connectivity index (χ3n) is 3.61. The highest BCUT2D eigenvalue weighted by Gasteiger charge is 2.09. The van der Waals surface area contributed by atoms with Crippen LogP contribution in [0, 0.1) is 0 Å². The third-order valence-corrected chi connectivity index (χ3v) is 4.45. The van der Waals surface area contributed by atoms with Crippen molar-refractivity contribution in [3.63, 3.8) is 0 Å². The van der Waals surface area contributed by atoms with Gasteiger partial charge in [0.05, 0.1) is 0 Å². The lowest BCUT2D eigenvalue weighted by atomic mass is 10.2. The lowest BCUT2D eigenvalue weighted by molar-refractivity contribution is -0.118. The van der Waals surface area contributed by atoms with Crippen molar-refractivity contribution < 1.29 is 9.53 Å². The Labute approximate surface area is 150 Å². The van der Waals surface area contributed by atoms with Gasteiger partial charge < -0.3 is 4.74 Å². The number of benzene rings is 2. The van der Waals surface area contributed by atoms with Gasteiger partial charge in [0, 0.05) is 6.42 Å². The van der Waals surface area contributed by atoms with Crippen LogP contribution in [0.4, 0.5) is 5.13 Å². The molecular formula is C19H19N3O2S. The fourth-order valence-electron chi connectivity index (χ4n) is 2.27. The Morgan fingerprint density at radius 1 is 1.04 bits per heavy atom. The zero-order chi connectivity index (χ0) is 17.5. The number of nitrogens with one attached hydrogen (secondary N) is 1. The van der Waals surface area contributed by atoms with E-state index in [1.165, 1.54) is 16.9 Å². The second-order valence-corrected chi connectivity index (χ2v) is 6.56. The second kappa shape index (κ2) is 8.39. The van der Waals surface area contributed by atoms with E-state index in [0.29, 0.717) is 17.3 Å². The Morgan fingerprint density at radius 3 is 2.52 bits per heavy atom. The minimum atomic E-state index is -0.248. The number of carbonyl (C=O) groups excluding carboxylic acids is 1. The molecule has 0 aliphatic rings. The molecule has 0 fully saturated rings. The molecule has 0 saturated heterocycles. The molecule has 5 nitrogen and oxygen atoms in total. The number of hydrogen-bond acceptors (Lipinski definition) is 5. The molecule has 1 amide bonds. The summed E-state index contributed by atoms with van der Waals surface area (Å²) in [5.41, 5.74) is 2.40. The normalized spacial score (nSPS) is 10.4. The standard InChI is InChI=1S/C19H19N3O2S/c1-2-14-8-10-16(11-9-14)24-13-17(23)20-19-22-21-18(25-19)12-15-6-4-3-5-7-15/h3-11H,2,12-13H2,1H3,(H,20,22,23). The van der Waals surface area contributed by atoms with Crippen molar-refractivity contribution in [1.29, 1.82) is 0 Å². The Bertz CT molecular complexity index is 816. The molecule has 25 heavy (non-hydrogen) atoms. The van der Waals surface area contributed by atoms with E-state index in [2.05, 4.69) is 22.4 Å². The number of amides is 1. The fourth-order valence-corrected chi connectivity index (χ4v) is 3.06. The summed E-state index contributed by atoms with van der Waals surface area (Å²) in [6.45, 7) is 2.04. The number of hydrogen-bond donors (Lipinski definition) is 1. The summed E-state index contributed by atoms with van der Waals surface area (Å²) >= 11 is 1.37. The molecule has 0 bridgehead atoms. The van der Waals surface area contributed by atoms with Crippen LogP contribution in [0.15, 0.2) is 54.6 Å². The fraction of sp³-hybridized carbons (Fsp3) is 0.211. The van der Waals surface area contributed by atoms with Gasteiger partial charge in [0.1, 0.15) is 10.8 Å². The predicted molar refractivity (Wildman–Crippen MR) is 99.1 cm³/mol. The van der Waals surface area contributed by atoms with Crippen LogP contribution in [-0.4, -0.2) is 22.7 Å². The van der Waals surface area contributed by atoms with Crippen molar-refractivity contribution in [3.05, 3.63) is 70.7 Å². The van der Waals surface area contributed by atoms with Gasteiger partial charge in [0.2, 0.25) is 5.13 Å². The highest BCUT2D eigenvalue weighted by Crippen LogP contribution is 2.18. The van der Waals surface area contributed by atoms with Gasteiger partial charge in [-0.15, -0.1) is 10.2 Å². The van der Waals surface area contributed by atoms with Gasteiger partial charge in [0.15, 0.2) is 6.61 Å². The zero-order valence-corrected chi connectivity index (χ0v) is 14.8. The maximum Gasteiger partial charge on any atom is 0.264 e. The molecule has 0 aliphatic carbocycles. The summed E-state index contributed by atoms with van der Waals surface area (Å²) in [7, 11) is 0. The van der Waals surface area contributed by atoms with Gasteiger partial charge in [-0.1, -0.05) is 60.7 Å². The van der Waals surface area contributed by atoms with Gasteiger partial charge in [-0.25, -0.2) is 0 Å². The quantitative estimate of drug-likeness (QED) is 0.703.